The lowest BCUT2D eigenvalue weighted by Crippen LogP contribution is -2.27. The van der Waals surface area contributed by atoms with Crippen molar-refractivity contribution in [1.82, 2.24) is 0 Å². The molecule has 17 aromatic carbocycles. The highest BCUT2D eigenvalue weighted by atomic mass is 16.3. The summed E-state index contributed by atoms with van der Waals surface area (Å²) in [6, 6.07) is 133. The van der Waals surface area contributed by atoms with Gasteiger partial charge in [-0.1, -0.05) is 432 Å². The Morgan fingerprint density at radius 1 is 0.233 bits per heavy atom. The molecular weight excluding hydrogens is 1770 g/mol. The lowest BCUT2D eigenvalue weighted by molar-refractivity contribution is 0.398. The van der Waals surface area contributed by atoms with Gasteiger partial charge < -0.3 is 18.6 Å². The number of nitrogens with zero attached hydrogens (tertiary/aromatic N) is 2. The van der Waals surface area contributed by atoms with E-state index in [0.717, 1.165) is 100 Å². The van der Waals surface area contributed by atoms with E-state index in [1.54, 1.807) is 11.1 Å². The van der Waals surface area contributed by atoms with Crippen molar-refractivity contribution in [2.24, 2.45) is 0 Å². The van der Waals surface area contributed by atoms with Crippen LogP contribution in [-0.4, -0.2) is 0 Å². The zero-order chi connectivity index (χ0) is 101. The number of rotatable bonds is 24. The van der Waals surface area contributed by atoms with Crippen LogP contribution in [0.15, 0.2) is 349 Å². The molecule has 5 aliphatic rings. The fourth-order valence-corrected chi connectivity index (χ4v) is 26.4. The predicted octanol–water partition coefficient (Wildman–Crippen LogP) is 41.0. The molecule has 1 unspecified atom stereocenters. The maximum atomic E-state index is 7.90. The summed E-state index contributed by atoms with van der Waals surface area (Å²) < 4.78 is 15.6. The van der Waals surface area contributed by atoms with E-state index in [2.05, 4.69) is 474 Å². The Hall–Kier alpha value is -14.1. The molecular formula is C142H138N2O2. The summed E-state index contributed by atoms with van der Waals surface area (Å²) in [5, 5.41) is 4.19. The SMILES string of the molecule is CCCCCCCCC1(CCCCCCCC)c2ccccc2-c2ccc(-c3ccc4c(c3)C(C)(C)c3cc(-c5ccc(-c6ccc7c(c6)C(C)(C)c6cc(-c8ccc9c(c8)C8(c%10ccccc%10-9)c9cc(N(c%10ccc(C(C)(C)C)cc%10)c%10ccc(C(C)(C)C)cc%10)c%10c(oc%11ccccc%11%10)c9-c9c8cc(N(c8ccc(C(C)(C)C)cc8)c8ccc(C(C)(C)C)cc8)c8oc%10ccccc%10c98)ccc6-7)cc5)ccc3-4)cc21. The van der Waals surface area contributed by atoms with Crippen LogP contribution < -0.4 is 9.80 Å². The van der Waals surface area contributed by atoms with Crippen LogP contribution in [0, 0.1) is 0 Å². The van der Waals surface area contributed by atoms with E-state index in [-0.39, 0.29) is 37.9 Å². The van der Waals surface area contributed by atoms with Gasteiger partial charge in [0.15, 0.2) is 5.58 Å². The molecule has 1 atom stereocenters. The van der Waals surface area contributed by atoms with Gasteiger partial charge in [0.05, 0.1) is 22.2 Å². The van der Waals surface area contributed by atoms with Gasteiger partial charge in [0.1, 0.15) is 16.7 Å². The number of unbranched alkanes of at least 4 members (excludes halogenated alkanes) is 10. The minimum absolute atomic E-state index is 0.0336. The first-order chi connectivity index (χ1) is 70.3. The topological polar surface area (TPSA) is 32.8 Å². The van der Waals surface area contributed by atoms with Crippen LogP contribution in [0.3, 0.4) is 0 Å². The summed E-state index contributed by atoms with van der Waals surface area (Å²) in [6.07, 6.45) is 18.2. The van der Waals surface area contributed by atoms with E-state index in [1.165, 1.54) is 235 Å². The second-order valence-electron chi connectivity index (χ2n) is 48.4. The van der Waals surface area contributed by atoms with Crippen LogP contribution in [0.2, 0.25) is 0 Å². The van der Waals surface area contributed by atoms with Crippen LogP contribution in [0.4, 0.5) is 34.1 Å². The first-order valence-corrected chi connectivity index (χ1v) is 54.5. The zero-order valence-corrected chi connectivity index (χ0v) is 88.9. The van der Waals surface area contributed by atoms with Crippen molar-refractivity contribution < 1.29 is 8.83 Å². The first-order valence-electron chi connectivity index (χ1n) is 54.5. The van der Waals surface area contributed by atoms with Crippen molar-refractivity contribution in [3.05, 3.63) is 418 Å². The molecule has 1 spiro atoms. The number of furan rings is 2. The molecule has 5 aliphatic carbocycles. The van der Waals surface area contributed by atoms with E-state index >= 15 is 0 Å². The normalized spacial score (nSPS) is 15.2. The lowest BCUT2D eigenvalue weighted by Gasteiger charge is -2.34. The van der Waals surface area contributed by atoms with Crippen molar-refractivity contribution in [3.8, 4) is 100 Å². The second kappa shape index (κ2) is 35.4. The molecule has 24 rings (SSSR count). The minimum Gasteiger partial charge on any atom is -0.455 e. The summed E-state index contributed by atoms with van der Waals surface area (Å²) in [5.74, 6) is 0. The minimum atomic E-state index is -0.990. The Balaban J connectivity index is 0.615. The van der Waals surface area contributed by atoms with Gasteiger partial charge in [0.2, 0.25) is 0 Å². The molecule has 4 heteroatoms. The number of anilines is 6. The van der Waals surface area contributed by atoms with Gasteiger partial charge in [-0.2, -0.15) is 0 Å². The highest BCUT2D eigenvalue weighted by Crippen LogP contribution is 2.70. The highest BCUT2D eigenvalue weighted by molar-refractivity contribution is 6.26. The molecule has 0 aliphatic heterocycles. The van der Waals surface area contributed by atoms with Gasteiger partial charge in [-0.15, -0.1) is 0 Å². The molecule has 0 fully saturated rings. The molecule has 0 saturated carbocycles. The van der Waals surface area contributed by atoms with Crippen LogP contribution in [-0.2, 0) is 43.3 Å². The second-order valence-corrected chi connectivity index (χ2v) is 48.4. The van der Waals surface area contributed by atoms with Crippen molar-refractivity contribution in [2.45, 2.75) is 258 Å². The van der Waals surface area contributed by atoms with Gasteiger partial charge in [0.25, 0.3) is 0 Å². The Morgan fingerprint density at radius 3 is 0.938 bits per heavy atom. The molecule has 0 N–H and O–H groups in total. The monoisotopic (exact) mass is 1900 g/mol. The predicted molar refractivity (Wildman–Crippen MR) is 621 cm³/mol. The third-order valence-corrected chi connectivity index (χ3v) is 34.6. The van der Waals surface area contributed by atoms with E-state index in [4.69, 9.17) is 8.83 Å². The van der Waals surface area contributed by atoms with E-state index in [0.29, 0.717) is 0 Å². The number of fused-ring (bicyclic) bond motifs is 27. The van der Waals surface area contributed by atoms with Crippen LogP contribution in [0.25, 0.3) is 144 Å². The summed E-state index contributed by atoms with van der Waals surface area (Å²) in [5.41, 5.74) is 48.8. The van der Waals surface area contributed by atoms with Crippen LogP contribution in [0.1, 0.15) is 292 Å². The maximum Gasteiger partial charge on any atom is 0.160 e. The van der Waals surface area contributed by atoms with Crippen LogP contribution in [0.5, 0.6) is 0 Å². The summed E-state index contributed by atoms with van der Waals surface area (Å²) in [4.78, 5) is 5.02. The van der Waals surface area contributed by atoms with Gasteiger partial charge in [0, 0.05) is 66.3 Å². The third kappa shape index (κ3) is 15.3. The number of hydrogen-bond acceptors (Lipinski definition) is 4. The number of benzene rings is 17. The molecule has 2 aromatic heterocycles. The molecule has 0 bridgehead atoms. The maximum absolute atomic E-state index is 7.90. The average Bonchev–Trinajstić information content (AvgIpc) is 1.48. The third-order valence-electron chi connectivity index (χ3n) is 34.6. The summed E-state index contributed by atoms with van der Waals surface area (Å²) in [7, 11) is 0. The number of hydrogen-bond donors (Lipinski definition) is 0. The quantitative estimate of drug-likeness (QED) is 0.0565. The molecule has 146 heavy (non-hydrogen) atoms. The smallest absolute Gasteiger partial charge is 0.160 e. The Bertz CT molecular complexity index is 8250. The molecule has 0 amide bonds. The van der Waals surface area contributed by atoms with Crippen molar-refractivity contribution in [1.29, 1.82) is 0 Å². The molecule has 4 nitrogen and oxygen atoms in total. The van der Waals surface area contributed by atoms with E-state index in [9.17, 15) is 0 Å². The fourth-order valence-electron chi connectivity index (χ4n) is 26.4. The van der Waals surface area contributed by atoms with E-state index in [1.807, 2.05) is 0 Å². The van der Waals surface area contributed by atoms with Crippen molar-refractivity contribution >= 4 is 78.0 Å². The lowest BCUT2D eigenvalue weighted by atomic mass is 9.69. The highest BCUT2D eigenvalue weighted by Gasteiger charge is 2.56. The van der Waals surface area contributed by atoms with Gasteiger partial charge in [-0.05, 0) is 311 Å². The van der Waals surface area contributed by atoms with Gasteiger partial charge >= 0.3 is 0 Å². The fraction of sp³-hybridized carbons (Fsp3) is 0.282. The number of para-hydroxylation sites is 2. The summed E-state index contributed by atoms with van der Waals surface area (Å²) >= 11 is 0. The van der Waals surface area contributed by atoms with E-state index < -0.39 is 5.41 Å². The first kappa shape index (κ1) is 94.2. The van der Waals surface area contributed by atoms with Crippen molar-refractivity contribution in [3.63, 3.8) is 0 Å². The Labute approximate surface area is 866 Å². The molecule has 728 valence electrons. The van der Waals surface area contributed by atoms with Gasteiger partial charge in [-0.25, -0.2) is 0 Å². The molecule has 2 heterocycles. The Kier molecular flexibility index (Phi) is 22.8. The van der Waals surface area contributed by atoms with Gasteiger partial charge in [-0.3, -0.25) is 0 Å². The largest absolute Gasteiger partial charge is 0.455 e. The van der Waals surface area contributed by atoms with Crippen molar-refractivity contribution in [2.75, 3.05) is 9.80 Å². The summed E-state index contributed by atoms with van der Waals surface area (Å²) in [6.45, 7) is 42.2. The zero-order valence-electron chi connectivity index (χ0n) is 88.9. The molecule has 0 saturated heterocycles. The standard InChI is InChI=1S/C142H138N2O2/c1-19-21-23-25-27-37-79-141(80-38-28-26-24-22-20-2)115-43-33-29-39-105(115)111-77-55-95(85-121(111)141)93-53-75-109-107-73-51-91(81-117(107)139(15,16)119(109)83-93)89-47-49-90(50-48-89)92-52-74-108-110-76-54-94(84-120(110)140(17,18)118(108)82-92)96-56-78-112-106-40-30-34-44-116(106)142(122(112)86-96)123-88-126(144(103-69-61-99(62-70-103)137(9,10)11)104-71-63-100(64-72-104)138(12,13)14)133-130(114-42-32-36-46-128(114)145-133)131(123)132-124(142)87-125(129-113-41-31-35-45-127(113)146-134(129)132)143(101-65-57-97(58-66-101)135(3,4)5)102-67-59-98(60-68-102)136(6,7)8/h29-36,39-78,81-88H,19-28,37-38,79-80H2,1-18H3. The molecule has 19 aromatic rings. The molecule has 0 radical (unpaired) electrons. The van der Waals surface area contributed by atoms with Crippen LogP contribution >= 0.6 is 0 Å². The average molecular weight is 1900 g/mol. The Morgan fingerprint density at radius 2 is 0.527 bits per heavy atom.